The van der Waals surface area contributed by atoms with Crippen molar-refractivity contribution in [3.8, 4) is 39.1 Å². The summed E-state index contributed by atoms with van der Waals surface area (Å²) in [5.74, 6) is 0.839. The van der Waals surface area contributed by atoms with Crippen molar-refractivity contribution in [1.29, 1.82) is 0 Å². The van der Waals surface area contributed by atoms with E-state index >= 15 is 0 Å². The molecule has 9 aromatic carbocycles. The third-order valence-corrected chi connectivity index (χ3v) is 12.8. The average Bonchev–Trinajstić information content (AvgIpc) is 3.38. The summed E-state index contributed by atoms with van der Waals surface area (Å²) in [5.41, 5.74) is 17.0. The third kappa shape index (κ3) is 7.14. The molecular weight excluding hydrogens is 789 g/mol. The minimum atomic E-state index is -0.778. The van der Waals surface area contributed by atoms with Crippen molar-refractivity contribution in [2.24, 2.45) is 0 Å². The molecule has 11 rings (SSSR count). The number of hydrogen-bond acceptors (Lipinski definition) is 3. The van der Waals surface area contributed by atoms with Crippen molar-refractivity contribution in [2.45, 2.75) is 5.41 Å². The summed E-state index contributed by atoms with van der Waals surface area (Å²) in [6, 6.07) is 82.7. The van der Waals surface area contributed by atoms with Gasteiger partial charge in [-0.15, -0.1) is 0 Å². The zero-order valence-electron chi connectivity index (χ0n) is 36.0. The van der Waals surface area contributed by atoms with Gasteiger partial charge in [-0.1, -0.05) is 183 Å². The summed E-state index contributed by atoms with van der Waals surface area (Å²) >= 11 is 0. The number of para-hydroxylation sites is 2. The monoisotopic (exact) mass is 834 g/mol. The van der Waals surface area contributed by atoms with Crippen LogP contribution in [0.1, 0.15) is 16.7 Å². The van der Waals surface area contributed by atoms with Gasteiger partial charge in [0, 0.05) is 28.3 Å². The van der Waals surface area contributed by atoms with E-state index in [1.807, 2.05) is 6.08 Å². The highest BCUT2D eigenvalue weighted by Crippen LogP contribution is 2.60. The normalized spacial score (nSPS) is 16.1. The molecule has 0 saturated heterocycles. The van der Waals surface area contributed by atoms with Crippen molar-refractivity contribution < 1.29 is 4.74 Å². The molecule has 0 amide bonds. The molecule has 9 aromatic rings. The quantitative estimate of drug-likeness (QED) is 0.159. The second kappa shape index (κ2) is 17.0. The fraction of sp³-hybridized carbons (Fsp3) is 0.0323. The summed E-state index contributed by atoms with van der Waals surface area (Å²) in [4.78, 5) is 4.76. The smallest absolute Gasteiger partial charge is 0.124 e. The maximum absolute atomic E-state index is 6.58. The Bertz CT molecular complexity index is 3110. The number of nitrogens with zero attached hydrogens (tertiary/aromatic N) is 2. The lowest BCUT2D eigenvalue weighted by molar-refractivity contribution is 0.355. The highest BCUT2D eigenvalue weighted by molar-refractivity contribution is 5.92. The standard InChI is InChI=1S/C62H46N2O/c1-45-18-6-5-17-43-65-61-28-16-14-26-57(61)62(45)56-25-13-15-27-59(56)64(60-42-33-51(44-58(60)62)48-23-11-4-12-24-48)55-40-38-54(39-41-55)63(52-34-29-49(30-35-52)46-19-7-2-8-20-46)53-36-31-50(32-37-53)47-21-9-3-10-22-47/h2-42,44H,1,43H2/b17-5-,18-6-. The van der Waals surface area contributed by atoms with Crippen LogP contribution in [0, 0.1) is 0 Å². The minimum absolute atomic E-state index is 0.465. The molecule has 0 saturated carbocycles. The number of hydrogen-bond donors (Lipinski definition) is 0. The van der Waals surface area contributed by atoms with E-state index in [0.717, 1.165) is 73.3 Å². The minimum Gasteiger partial charge on any atom is -0.489 e. The number of allylic oxidation sites excluding steroid dienone is 4. The number of benzene rings is 9. The molecule has 0 fully saturated rings. The molecule has 0 aromatic heterocycles. The Morgan fingerprint density at radius 3 is 1.48 bits per heavy atom. The zero-order chi connectivity index (χ0) is 43.6. The van der Waals surface area contributed by atoms with E-state index in [4.69, 9.17) is 11.3 Å². The van der Waals surface area contributed by atoms with Crippen molar-refractivity contribution in [1.82, 2.24) is 0 Å². The van der Waals surface area contributed by atoms with Crippen LogP contribution in [0.25, 0.3) is 33.4 Å². The molecule has 0 aliphatic carbocycles. The number of fused-ring (bicyclic) bond motifs is 6. The van der Waals surface area contributed by atoms with Crippen molar-refractivity contribution >= 4 is 34.1 Å². The summed E-state index contributed by atoms with van der Waals surface area (Å²) in [7, 11) is 0. The zero-order valence-corrected chi connectivity index (χ0v) is 36.0. The van der Waals surface area contributed by atoms with Gasteiger partial charge in [-0.3, -0.25) is 0 Å². The lowest BCUT2D eigenvalue weighted by atomic mass is 9.61. The van der Waals surface area contributed by atoms with Gasteiger partial charge in [0.1, 0.15) is 12.4 Å². The van der Waals surface area contributed by atoms with Gasteiger partial charge in [0.15, 0.2) is 0 Å². The third-order valence-electron chi connectivity index (χ3n) is 12.8. The van der Waals surface area contributed by atoms with Crippen LogP contribution in [0.15, 0.2) is 267 Å². The molecule has 3 heteroatoms. The summed E-state index contributed by atoms with van der Waals surface area (Å²) < 4.78 is 6.58. The molecule has 3 nitrogen and oxygen atoms in total. The molecular formula is C62H46N2O. The molecule has 1 atom stereocenters. The first kappa shape index (κ1) is 39.4. The largest absolute Gasteiger partial charge is 0.489 e. The first-order chi connectivity index (χ1) is 32.2. The second-order valence-corrected chi connectivity index (χ2v) is 16.5. The van der Waals surface area contributed by atoms with Crippen LogP contribution in [0.2, 0.25) is 0 Å². The van der Waals surface area contributed by atoms with E-state index in [1.54, 1.807) is 0 Å². The van der Waals surface area contributed by atoms with Gasteiger partial charge < -0.3 is 14.5 Å². The molecule has 2 aliphatic rings. The Balaban J connectivity index is 1.07. The number of anilines is 6. The van der Waals surface area contributed by atoms with Crippen molar-refractivity contribution in [2.75, 3.05) is 16.4 Å². The molecule has 1 unspecified atom stereocenters. The van der Waals surface area contributed by atoms with Crippen LogP contribution in [0.5, 0.6) is 5.75 Å². The first-order valence-electron chi connectivity index (χ1n) is 22.2. The summed E-state index contributed by atoms with van der Waals surface area (Å²) in [6.07, 6.45) is 8.36. The molecule has 1 spiro atoms. The molecule has 0 radical (unpaired) electrons. The molecule has 0 bridgehead atoms. The topological polar surface area (TPSA) is 15.7 Å². The number of ether oxygens (including phenoxy) is 1. The van der Waals surface area contributed by atoms with Crippen LogP contribution in [-0.2, 0) is 5.41 Å². The Kier molecular flexibility index (Phi) is 10.3. The Morgan fingerprint density at radius 1 is 0.415 bits per heavy atom. The van der Waals surface area contributed by atoms with Crippen LogP contribution in [0.3, 0.4) is 0 Å². The van der Waals surface area contributed by atoms with E-state index in [9.17, 15) is 0 Å². The highest BCUT2D eigenvalue weighted by atomic mass is 16.5. The van der Waals surface area contributed by atoms with Gasteiger partial charge in [0.25, 0.3) is 0 Å². The van der Waals surface area contributed by atoms with Gasteiger partial charge in [0.05, 0.1) is 16.8 Å². The molecule has 310 valence electrons. The van der Waals surface area contributed by atoms with Crippen molar-refractivity contribution in [3.63, 3.8) is 0 Å². The van der Waals surface area contributed by atoms with Crippen molar-refractivity contribution in [3.05, 3.63) is 284 Å². The van der Waals surface area contributed by atoms with E-state index in [1.165, 1.54) is 22.3 Å². The SMILES string of the molecule is C=C1/C=C\C=C/COc2ccccc2C12c1ccccc1N(c1ccc(N(c3ccc(-c4ccccc4)cc3)c3ccc(-c4ccccc4)cc3)cc1)c1ccc(-c3ccccc3)cc12. The van der Waals surface area contributed by atoms with Crippen LogP contribution >= 0.6 is 0 Å². The molecule has 0 N–H and O–H groups in total. The second-order valence-electron chi connectivity index (χ2n) is 16.5. The van der Waals surface area contributed by atoms with E-state index in [2.05, 4.69) is 259 Å². The van der Waals surface area contributed by atoms with Crippen LogP contribution in [-0.4, -0.2) is 6.61 Å². The molecule has 2 aliphatic heterocycles. The van der Waals surface area contributed by atoms with Gasteiger partial charge in [-0.25, -0.2) is 0 Å². The number of rotatable bonds is 7. The van der Waals surface area contributed by atoms with Gasteiger partial charge >= 0.3 is 0 Å². The maximum Gasteiger partial charge on any atom is 0.124 e. The lowest BCUT2D eigenvalue weighted by Gasteiger charge is -2.47. The summed E-state index contributed by atoms with van der Waals surface area (Å²) in [6.45, 7) is 5.36. The maximum atomic E-state index is 6.58. The van der Waals surface area contributed by atoms with Gasteiger partial charge in [-0.2, -0.15) is 0 Å². The first-order valence-corrected chi connectivity index (χ1v) is 22.2. The van der Waals surface area contributed by atoms with E-state index < -0.39 is 5.41 Å². The van der Waals surface area contributed by atoms with E-state index in [-0.39, 0.29) is 0 Å². The Labute approximate surface area is 381 Å². The van der Waals surface area contributed by atoms with Gasteiger partial charge in [0.2, 0.25) is 0 Å². The highest BCUT2D eigenvalue weighted by Gasteiger charge is 2.48. The fourth-order valence-electron chi connectivity index (χ4n) is 9.73. The fourth-order valence-corrected chi connectivity index (χ4v) is 9.73. The molecule has 65 heavy (non-hydrogen) atoms. The molecule has 2 heterocycles. The van der Waals surface area contributed by atoms with Gasteiger partial charge in [-0.05, 0) is 129 Å². The predicted octanol–water partition coefficient (Wildman–Crippen LogP) is 16.3. The summed E-state index contributed by atoms with van der Waals surface area (Å²) in [5, 5.41) is 0. The Morgan fingerprint density at radius 2 is 0.877 bits per heavy atom. The van der Waals surface area contributed by atoms with Crippen LogP contribution in [0.4, 0.5) is 34.1 Å². The lowest BCUT2D eigenvalue weighted by Crippen LogP contribution is -2.38. The predicted molar refractivity (Wildman–Crippen MR) is 271 cm³/mol. The average molecular weight is 835 g/mol. The Hall–Kier alpha value is -8.40. The van der Waals surface area contributed by atoms with Crippen LogP contribution < -0.4 is 14.5 Å². The van der Waals surface area contributed by atoms with E-state index in [0.29, 0.717) is 6.61 Å².